The number of carbonyl (C=O) groups is 1. The summed E-state index contributed by atoms with van der Waals surface area (Å²) in [5.41, 5.74) is 2.24. The van der Waals surface area contributed by atoms with E-state index in [-0.39, 0.29) is 11.6 Å². The van der Waals surface area contributed by atoms with Crippen molar-refractivity contribution < 1.29 is 4.79 Å². The fourth-order valence-electron chi connectivity index (χ4n) is 3.18. The molecule has 0 bridgehead atoms. The Bertz CT molecular complexity index is 1030. The van der Waals surface area contributed by atoms with Gasteiger partial charge in [0, 0.05) is 18.0 Å². The molecule has 2 aromatic heterocycles. The number of pyridine rings is 1. The Morgan fingerprint density at radius 2 is 1.93 bits per heavy atom. The lowest BCUT2D eigenvalue weighted by Crippen LogP contribution is -2.34. The highest BCUT2D eigenvalue weighted by molar-refractivity contribution is 5.94. The van der Waals surface area contributed by atoms with Crippen LogP contribution in [-0.4, -0.2) is 20.9 Å². The normalized spacial score (nSPS) is 14.6. The minimum Gasteiger partial charge on any atom is -0.343 e. The molecule has 0 radical (unpaired) electrons. The van der Waals surface area contributed by atoms with Crippen molar-refractivity contribution in [1.82, 2.24) is 20.3 Å². The van der Waals surface area contributed by atoms with Crippen LogP contribution in [0.5, 0.6) is 0 Å². The van der Waals surface area contributed by atoms with E-state index in [1.165, 1.54) is 6.20 Å². The zero-order valence-corrected chi connectivity index (χ0v) is 15.0. The fraction of sp³-hybridized carbons (Fsp3) is 0.238. The van der Waals surface area contributed by atoms with Crippen molar-refractivity contribution >= 4 is 5.91 Å². The topological polar surface area (TPSA) is 87.7 Å². The van der Waals surface area contributed by atoms with E-state index in [0.29, 0.717) is 11.7 Å². The number of carbonyl (C=O) groups excluding carboxylic acids is 1. The van der Waals surface area contributed by atoms with Crippen LogP contribution in [0.2, 0.25) is 0 Å². The van der Waals surface area contributed by atoms with Gasteiger partial charge in [0.2, 0.25) is 0 Å². The van der Waals surface area contributed by atoms with Gasteiger partial charge in [-0.15, -0.1) is 0 Å². The van der Waals surface area contributed by atoms with Crippen molar-refractivity contribution in [3.8, 4) is 11.4 Å². The smallest absolute Gasteiger partial charge is 0.264 e. The van der Waals surface area contributed by atoms with Gasteiger partial charge in [0.25, 0.3) is 11.5 Å². The first-order chi connectivity index (χ1) is 13.1. The second-order valence-corrected chi connectivity index (χ2v) is 6.83. The Kier molecular flexibility index (Phi) is 4.54. The lowest BCUT2D eigenvalue weighted by molar-refractivity contribution is 0.0928. The van der Waals surface area contributed by atoms with E-state index in [9.17, 15) is 9.59 Å². The summed E-state index contributed by atoms with van der Waals surface area (Å²) in [6.45, 7) is 1.98. The van der Waals surface area contributed by atoms with Gasteiger partial charge in [-0.25, -0.2) is 4.98 Å². The van der Waals surface area contributed by atoms with Crippen molar-refractivity contribution in [2.24, 2.45) is 5.92 Å². The largest absolute Gasteiger partial charge is 0.343 e. The molecular formula is C21H20N4O2. The van der Waals surface area contributed by atoms with Crippen LogP contribution in [0.1, 0.15) is 40.5 Å². The first-order valence-electron chi connectivity index (χ1n) is 9.00. The molecule has 2 heterocycles. The first-order valence-corrected chi connectivity index (χ1v) is 9.00. The number of aromatic nitrogens is 3. The number of benzene rings is 1. The van der Waals surface area contributed by atoms with E-state index in [1.807, 2.05) is 49.4 Å². The molecular weight excluding hydrogens is 340 g/mol. The SMILES string of the molecule is Cc1cccnc1[C@H](NC(=O)c1cnc(-c2ccccc2)[nH]c1=O)C1CC1. The maximum absolute atomic E-state index is 12.7. The highest BCUT2D eigenvalue weighted by atomic mass is 16.2. The highest BCUT2D eigenvalue weighted by Gasteiger charge is 2.35. The summed E-state index contributed by atoms with van der Waals surface area (Å²) in [5.74, 6) is 0.375. The number of hydrogen-bond acceptors (Lipinski definition) is 4. The fourth-order valence-corrected chi connectivity index (χ4v) is 3.18. The molecule has 1 aromatic carbocycles. The Hall–Kier alpha value is -3.28. The zero-order chi connectivity index (χ0) is 18.8. The molecule has 1 fully saturated rings. The van der Waals surface area contributed by atoms with Crippen molar-refractivity contribution in [2.75, 3.05) is 0 Å². The number of rotatable bonds is 5. The van der Waals surface area contributed by atoms with Crippen molar-refractivity contribution in [2.45, 2.75) is 25.8 Å². The van der Waals surface area contributed by atoms with Gasteiger partial charge in [0.1, 0.15) is 11.4 Å². The van der Waals surface area contributed by atoms with Crippen LogP contribution in [0, 0.1) is 12.8 Å². The van der Waals surface area contributed by atoms with Crippen LogP contribution in [0.4, 0.5) is 0 Å². The zero-order valence-electron chi connectivity index (χ0n) is 15.0. The Morgan fingerprint density at radius 1 is 1.15 bits per heavy atom. The molecule has 136 valence electrons. The first kappa shape index (κ1) is 17.1. The quantitative estimate of drug-likeness (QED) is 0.732. The number of nitrogens with one attached hydrogen (secondary N) is 2. The van der Waals surface area contributed by atoms with Crippen LogP contribution in [-0.2, 0) is 0 Å². The van der Waals surface area contributed by atoms with E-state index >= 15 is 0 Å². The number of H-pyrrole nitrogens is 1. The minimum atomic E-state index is -0.450. The van der Waals surface area contributed by atoms with Crippen LogP contribution >= 0.6 is 0 Å². The lowest BCUT2D eigenvalue weighted by atomic mass is 10.0. The molecule has 1 aliphatic carbocycles. The summed E-state index contributed by atoms with van der Waals surface area (Å²) in [6.07, 6.45) is 5.16. The number of aromatic amines is 1. The standard InChI is InChI=1S/C21H20N4O2/c1-13-6-5-11-22-17(13)18(14-9-10-14)24-20(26)16-12-23-19(25-21(16)27)15-7-3-2-4-8-15/h2-8,11-12,14,18H,9-10H2,1H3,(H,24,26)(H,23,25,27)/t18-/m1/s1. The van der Waals surface area contributed by atoms with Crippen molar-refractivity contribution in [1.29, 1.82) is 0 Å². The number of amides is 1. The molecule has 6 nitrogen and oxygen atoms in total. The molecule has 2 N–H and O–H groups in total. The number of nitrogens with zero attached hydrogens (tertiary/aromatic N) is 2. The molecule has 1 saturated carbocycles. The predicted molar refractivity (Wildman–Crippen MR) is 102 cm³/mol. The molecule has 3 aromatic rings. The Balaban J connectivity index is 1.59. The summed E-state index contributed by atoms with van der Waals surface area (Å²) in [7, 11) is 0. The van der Waals surface area contributed by atoms with Crippen molar-refractivity contribution in [3.05, 3.63) is 82.0 Å². The summed E-state index contributed by atoms with van der Waals surface area (Å²) in [6, 6.07) is 13.0. The molecule has 1 amide bonds. The third-order valence-corrected chi connectivity index (χ3v) is 4.82. The Morgan fingerprint density at radius 3 is 2.59 bits per heavy atom. The summed E-state index contributed by atoms with van der Waals surface area (Å²) in [5, 5.41) is 2.99. The number of hydrogen-bond donors (Lipinski definition) is 2. The molecule has 4 rings (SSSR count). The van der Waals surface area contributed by atoms with E-state index in [2.05, 4.69) is 20.3 Å². The van der Waals surface area contributed by atoms with Crippen LogP contribution in [0.25, 0.3) is 11.4 Å². The third-order valence-electron chi connectivity index (χ3n) is 4.82. The predicted octanol–water partition coefficient (Wildman–Crippen LogP) is 3.02. The van der Waals surface area contributed by atoms with Gasteiger partial charge in [0.15, 0.2) is 0 Å². The monoisotopic (exact) mass is 360 g/mol. The molecule has 0 saturated heterocycles. The van der Waals surface area contributed by atoms with Gasteiger partial charge in [-0.05, 0) is 37.3 Å². The molecule has 6 heteroatoms. The average Bonchev–Trinajstić information content (AvgIpc) is 3.52. The highest BCUT2D eigenvalue weighted by Crippen LogP contribution is 2.41. The second kappa shape index (κ2) is 7.15. The van der Waals surface area contributed by atoms with Gasteiger partial charge in [-0.3, -0.25) is 14.6 Å². The van der Waals surface area contributed by atoms with E-state index in [4.69, 9.17) is 0 Å². The summed E-state index contributed by atoms with van der Waals surface area (Å²) in [4.78, 5) is 36.6. The van der Waals surface area contributed by atoms with Crippen molar-refractivity contribution in [3.63, 3.8) is 0 Å². The second-order valence-electron chi connectivity index (χ2n) is 6.83. The van der Waals surface area contributed by atoms with Gasteiger partial charge in [-0.1, -0.05) is 36.4 Å². The molecule has 1 aliphatic rings. The molecule has 1 atom stereocenters. The van der Waals surface area contributed by atoms with E-state index in [1.54, 1.807) is 6.20 Å². The summed E-state index contributed by atoms with van der Waals surface area (Å²) < 4.78 is 0. The van der Waals surface area contributed by atoms with Crippen LogP contribution in [0.3, 0.4) is 0 Å². The minimum absolute atomic E-state index is 0.00825. The molecule has 27 heavy (non-hydrogen) atoms. The molecule has 0 aliphatic heterocycles. The van der Waals surface area contributed by atoms with E-state index in [0.717, 1.165) is 29.7 Å². The van der Waals surface area contributed by atoms with Gasteiger partial charge in [-0.2, -0.15) is 0 Å². The van der Waals surface area contributed by atoms with Gasteiger partial charge in [0.05, 0.1) is 11.7 Å². The average molecular weight is 360 g/mol. The maximum Gasteiger partial charge on any atom is 0.264 e. The van der Waals surface area contributed by atoms with Gasteiger partial charge < -0.3 is 10.3 Å². The lowest BCUT2D eigenvalue weighted by Gasteiger charge is -2.19. The maximum atomic E-state index is 12.7. The van der Waals surface area contributed by atoms with Crippen LogP contribution in [0.15, 0.2) is 59.7 Å². The van der Waals surface area contributed by atoms with Crippen LogP contribution < -0.4 is 10.9 Å². The summed E-state index contributed by atoms with van der Waals surface area (Å²) >= 11 is 0. The molecule has 0 spiro atoms. The third kappa shape index (κ3) is 3.65. The number of aryl methyl sites for hydroxylation is 1. The molecule has 0 unspecified atom stereocenters. The van der Waals surface area contributed by atoms with Gasteiger partial charge >= 0.3 is 0 Å². The van der Waals surface area contributed by atoms with E-state index < -0.39 is 11.5 Å². The Labute approximate surface area is 156 Å².